The molecule has 2 atom stereocenters. The molecule has 0 aliphatic carbocycles. The molecule has 2 N–H and O–H groups in total. The van der Waals surface area contributed by atoms with E-state index in [1.54, 1.807) is 12.1 Å². The van der Waals surface area contributed by atoms with Crippen LogP contribution in [0.2, 0.25) is 0 Å². The Morgan fingerprint density at radius 2 is 2.10 bits per heavy atom. The predicted molar refractivity (Wildman–Crippen MR) is 69.0 cm³/mol. The van der Waals surface area contributed by atoms with Crippen LogP contribution in [0.5, 0.6) is 0 Å². The molecule has 104 valence electrons. The van der Waals surface area contributed by atoms with E-state index in [1.165, 1.54) is 19.1 Å². The molecule has 0 aromatic heterocycles. The number of aliphatic hydroxyl groups excluding tert-OH is 1. The fourth-order valence-corrected chi connectivity index (χ4v) is 1.79. The molecule has 0 radical (unpaired) electrons. The normalized spacial score (nSPS) is 22.1. The van der Waals surface area contributed by atoms with Crippen LogP contribution in [0.15, 0.2) is 41.2 Å². The van der Waals surface area contributed by atoms with Crippen molar-refractivity contribution >= 4 is 17.4 Å². The van der Waals surface area contributed by atoms with Gasteiger partial charge in [-0.1, -0.05) is 12.1 Å². The van der Waals surface area contributed by atoms with Crippen molar-refractivity contribution in [3.05, 3.63) is 46.5 Å². The monoisotopic (exact) mass is 276 g/mol. The van der Waals surface area contributed by atoms with Crippen LogP contribution in [0, 0.1) is 4.91 Å². The summed E-state index contributed by atoms with van der Waals surface area (Å²) in [6.45, 7) is 1.46. The fourth-order valence-electron chi connectivity index (χ4n) is 1.79. The van der Waals surface area contributed by atoms with Crippen molar-refractivity contribution in [1.29, 1.82) is 0 Å². The smallest absolute Gasteiger partial charge is 0.258 e. The number of rotatable bonds is 3. The first-order valence-electron chi connectivity index (χ1n) is 5.86. The van der Waals surface area contributed by atoms with Crippen LogP contribution in [-0.4, -0.2) is 29.2 Å². The van der Waals surface area contributed by atoms with E-state index in [-0.39, 0.29) is 16.9 Å². The molecule has 1 aliphatic heterocycles. The Balaban J connectivity index is 2.23. The Morgan fingerprint density at radius 1 is 1.40 bits per heavy atom. The van der Waals surface area contributed by atoms with Crippen molar-refractivity contribution in [1.82, 2.24) is 5.32 Å². The first-order chi connectivity index (χ1) is 9.52. The van der Waals surface area contributed by atoms with Gasteiger partial charge in [0.1, 0.15) is 11.8 Å². The summed E-state index contributed by atoms with van der Waals surface area (Å²) < 4.78 is 4.87. The lowest BCUT2D eigenvalue weighted by atomic mass is 10.1. The van der Waals surface area contributed by atoms with Gasteiger partial charge in [-0.2, -0.15) is 0 Å². The molecule has 1 heterocycles. The van der Waals surface area contributed by atoms with Gasteiger partial charge in [-0.3, -0.25) is 9.59 Å². The summed E-state index contributed by atoms with van der Waals surface area (Å²) in [5.74, 6) is -1.11. The third-order valence-corrected chi connectivity index (χ3v) is 2.78. The van der Waals surface area contributed by atoms with E-state index in [4.69, 9.17) is 4.74 Å². The Kier molecular flexibility index (Phi) is 4.02. The van der Waals surface area contributed by atoms with Crippen LogP contribution in [0.25, 0.3) is 0 Å². The van der Waals surface area contributed by atoms with Gasteiger partial charge < -0.3 is 15.2 Å². The first kappa shape index (κ1) is 14.0. The van der Waals surface area contributed by atoms with Crippen molar-refractivity contribution in [2.24, 2.45) is 5.18 Å². The molecule has 1 aromatic rings. The molecule has 0 spiro atoms. The summed E-state index contributed by atoms with van der Waals surface area (Å²) in [5.41, 5.74) is -0.0505. The number of hydrogen-bond acceptors (Lipinski definition) is 6. The zero-order valence-corrected chi connectivity index (χ0v) is 10.6. The predicted octanol–water partition coefficient (Wildman–Crippen LogP) is 1.00. The van der Waals surface area contributed by atoms with Crippen LogP contribution in [0.3, 0.4) is 0 Å². The minimum atomic E-state index is -1.27. The number of amides is 1. The molecule has 0 fully saturated rings. The van der Waals surface area contributed by atoms with E-state index in [1.807, 2.05) is 0 Å². The van der Waals surface area contributed by atoms with Gasteiger partial charge in [-0.25, -0.2) is 0 Å². The number of benzene rings is 1. The topological polar surface area (TPSA) is 105 Å². The second kappa shape index (κ2) is 5.72. The van der Waals surface area contributed by atoms with Gasteiger partial charge in [0.05, 0.1) is 11.3 Å². The molecule has 20 heavy (non-hydrogen) atoms. The third-order valence-electron chi connectivity index (χ3n) is 2.78. The summed E-state index contributed by atoms with van der Waals surface area (Å²) in [7, 11) is 0. The van der Waals surface area contributed by atoms with Gasteiger partial charge in [0, 0.05) is 0 Å². The van der Waals surface area contributed by atoms with Crippen LogP contribution in [0.1, 0.15) is 17.3 Å². The SMILES string of the molecule is CC1OC(O)C=C(NC(=O)c2ccccc2N=O)C1=O. The zero-order chi connectivity index (χ0) is 14.7. The summed E-state index contributed by atoms with van der Waals surface area (Å²) in [5, 5.41) is 14.5. The molecule has 2 unspecified atom stereocenters. The highest BCUT2D eigenvalue weighted by Crippen LogP contribution is 2.19. The van der Waals surface area contributed by atoms with E-state index in [0.29, 0.717) is 0 Å². The summed E-state index contributed by atoms with van der Waals surface area (Å²) in [6, 6.07) is 5.94. The second-order valence-electron chi connectivity index (χ2n) is 4.18. The number of Topliss-reactive ketones (excluding diaryl/α,β-unsaturated/α-hetero) is 1. The second-order valence-corrected chi connectivity index (χ2v) is 4.18. The lowest BCUT2D eigenvalue weighted by molar-refractivity contribution is -0.147. The summed E-state index contributed by atoms with van der Waals surface area (Å²) >= 11 is 0. The quantitative estimate of drug-likeness (QED) is 0.801. The van der Waals surface area contributed by atoms with Gasteiger partial charge in [0.15, 0.2) is 6.29 Å². The van der Waals surface area contributed by atoms with Crippen LogP contribution in [-0.2, 0) is 9.53 Å². The van der Waals surface area contributed by atoms with E-state index < -0.39 is 24.1 Å². The highest BCUT2D eigenvalue weighted by molar-refractivity contribution is 6.07. The average Bonchev–Trinajstić information content (AvgIpc) is 2.44. The van der Waals surface area contributed by atoms with Crippen LogP contribution >= 0.6 is 0 Å². The van der Waals surface area contributed by atoms with Gasteiger partial charge in [0.25, 0.3) is 5.91 Å². The molecule has 1 aromatic carbocycles. The van der Waals surface area contributed by atoms with Gasteiger partial charge in [-0.05, 0) is 30.3 Å². The highest BCUT2D eigenvalue weighted by Gasteiger charge is 2.28. The molecule has 7 heteroatoms. The Morgan fingerprint density at radius 3 is 2.80 bits per heavy atom. The van der Waals surface area contributed by atoms with E-state index in [0.717, 1.165) is 6.08 Å². The number of aliphatic hydroxyl groups is 1. The van der Waals surface area contributed by atoms with Gasteiger partial charge >= 0.3 is 0 Å². The maximum Gasteiger partial charge on any atom is 0.258 e. The van der Waals surface area contributed by atoms with Gasteiger partial charge in [-0.15, -0.1) is 4.91 Å². The highest BCUT2D eigenvalue weighted by atomic mass is 16.6. The van der Waals surface area contributed by atoms with E-state index >= 15 is 0 Å². The molecule has 1 aliphatic rings. The summed E-state index contributed by atoms with van der Waals surface area (Å²) in [4.78, 5) is 34.4. The summed E-state index contributed by atoms with van der Waals surface area (Å²) in [6.07, 6.45) is -1.03. The molecule has 2 rings (SSSR count). The standard InChI is InChI=1S/C13H12N2O5/c1-7-12(17)10(6-11(16)20-7)14-13(18)8-4-2-3-5-9(8)15-19/h2-7,11,16H,1H3,(H,14,18). The van der Waals surface area contributed by atoms with Crippen molar-refractivity contribution in [3.8, 4) is 0 Å². The number of carbonyl (C=O) groups is 2. The number of hydrogen-bond donors (Lipinski definition) is 2. The van der Waals surface area contributed by atoms with E-state index in [9.17, 15) is 19.6 Å². The molecule has 0 saturated heterocycles. The molecular weight excluding hydrogens is 264 g/mol. The number of ketones is 1. The van der Waals surface area contributed by atoms with Crippen LogP contribution < -0.4 is 5.32 Å². The minimum absolute atomic E-state index is 0.0290. The maximum absolute atomic E-state index is 12.0. The molecule has 7 nitrogen and oxygen atoms in total. The number of nitrogens with one attached hydrogen (secondary N) is 1. The van der Waals surface area contributed by atoms with Crippen molar-refractivity contribution in [2.75, 3.05) is 0 Å². The first-order valence-corrected chi connectivity index (χ1v) is 5.86. The average molecular weight is 276 g/mol. The largest absolute Gasteiger partial charge is 0.365 e. The number of nitrogens with zero attached hydrogens (tertiary/aromatic N) is 1. The minimum Gasteiger partial charge on any atom is -0.365 e. The lowest BCUT2D eigenvalue weighted by Gasteiger charge is -2.22. The maximum atomic E-state index is 12.0. The van der Waals surface area contributed by atoms with Crippen molar-refractivity contribution in [3.63, 3.8) is 0 Å². The number of ether oxygens (including phenoxy) is 1. The van der Waals surface area contributed by atoms with Crippen molar-refractivity contribution < 1.29 is 19.4 Å². The third kappa shape index (κ3) is 2.79. The van der Waals surface area contributed by atoms with E-state index in [2.05, 4.69) is 10.5 Å². The van der Waals surface area contributed by atoms with Crippen LogP contribution in [0.4, 0.5) is 5.69 Å². The molecular formula is C13H12N2O5. The fraction of sp³-hybridized carbons (Fsp3) is 0.231. The Bertz CT molecular complexity index is 596. The lowest BCUT2D eigenvalue weighted by Crippen LogP contribution is -2.39. The van der Waals surface area contributed by atoms with Crippen molar-refractivity contribution in [2.45, 2.75) is 19.3 Å². The zero-order valence-electron chi connectivity index (χ0n) is 10.6. The Hall–Kier alpha value is -2.38. The molecule has 0 saturated carbocycles. The molecule has 0 bridgehead atoms. The molecule has 1 amide bonds. The Labute approximate surface area is 114 Å². The number of carbonyl (C=O) groups excluding carboxylic acids is 2. The number of nitroso groups, excluding NO2 is 1. The van der Waals surface area contributed by atoms with Gasteiger partial charge in [0.2, 0.25) is 5.78 Å².